The fraction of sp³-hybridized carbons (Fsp3) is 0.400. The molecule has 4 aromatic rings. The van der Waals surface area contributed by atoms with Crippen LogP contribution >= 0.6 is 11.6 Å². The van der Waals surface area contributed by atoms with Crippen molar-refractivity contribution in [1.29, 1.82) is 0 Å². The van der Waals surface area contributed by atoms with Crippen LogP contribution in [0.4, 0.5) is 11.5 Å². The number of ether oxygens (including phenoxy) is 1. The van der Waals surface area contributed by atoms with Gasteiger partial charge in [-0.25, -0.2) is 4.98 Å². The number of nitrogen functional groups attached to an aromatic ring is 1. The third-order valence-corrected chi connectivity index (χ3v) is 8.25. The lowest BCUT2D eigenvalue weighted by molar-refractivity contribution is 0.208. The van der Waals surface area contributed by atoms with Gasteiger partial charge in [-0.3, -0.25) is 0 Å². The number of hydrogen-bond acceptors (Lipinski definition) is 6. The van der Waals surface area contributed by atoms with Gasteiger partial charge in [0.05, 0.1) is 24.1 Å². The van der Waals surface area contributed by atoms with Gasteiger partial charge in [-0.1, -0.05) is 23.7 Å². The van der Waals surface area contributed by atoms with Crippen LogP contribution < -0.4 is 15.4 Å². The fourth-order valence-electron chi connectivity index (χ4n) is 6.13. The average molecular weight is 531 g/mol. The second-order valence-electron chi connectivity index (χ2n) is 10.3. The molecule has 2 fully saturated rings. The van der Waals surface area contributed by atoms with Gasteiger partial charge in [-0.05, 0) is 88.5 Å². The van der Waals surface area contributed by atoms with Crippen LogP contribution in [0.1, 0.15) is 38.3 Å². The molecule has 2 aliphatic heterocycles. The molecule has 6 rings (SSSR count). The van der Waals surface area contributed by atoms with Crippen LogP contribution in [0.15, 0.2) is 48.7 Å². The number of benzene rings is 2. The Kier molecular flexibility index (Phi) is 6.89. The van der Waals surface area contributed by atoms with Gasteiger partial charge in [0, 0.05) is 41.0 Å². The van der Waals surface area contributed by atoms with E-state index in [0.29, 0.717) is 17.4 Å². The maximum atomic E-state index is 6.68. The van der Waals surface area contributed by atoms with Crippen molar-refractivity contribution in [3.63, 3.8) is 0 Å². The quantitative estimate of drug-likeness (QED) is 0.326. The van der Waals surface area contributed by atoms with Crippen molar-refractivity contribution in [3.05, 3.63) is 59.4 Å². The highest BCUT2D eigenvalue weighted by Gasteiger charge is 2.27. The van der Waals surface area contributed by atoms with Gasteiger partial charge in [-0.15, -0.1) is 0 Å². The average Bonchev–Trinajstić information content (AvgIpc) is 3.60. The maximum absolute atomic E-state index is 6.68. The van der Waals surface area contributed by atoms with E-state index in [2.05, 4.69) is 33.1 Å². The standard InChI is InChI=1S/C30H35ClN6O/c1-3-38-27-10-9-24(36-15-11-23(12-16-36)35-13-4-5-14-35)18-25(27)26-19-33-37-29(32)28(20(2)34-30(26)37)21-7-6-8-22(31)17-21/h6-10,17-19,23H,3-5,11-16,32H2,1-2H3. The molecule has 38 heavy (non-hydrogen) atoms. The molecule has 8 heteroatoms. The molecule has 0 aliphatic carbocycles. The Morgan fingerprint density at radius 3 is 2.55 bits per heavy atom. The normalized spacial score (nSPS) is 17.0. The first-order valence-corrected chi connectivity index (χ1v) is 14.1. The number of anilines is 2. The van der Waals surface area contributed by atoms with Crippen LogP contribution in [-0.2, 0) is 0 Å². The molecule has 2 aromatic carbocycles. The minimum Gasteiger partial charge on any atom is -0.493 e. The predicted molar refractivity (Wildman–Crippen MR) is 155 cm³/mol. The lowest BCUT2D eigenvalue weighted by Gasteiger charge is -2.38. The van der Waals surface area contributed by atoms with E-state index in [1.165, 1.54) is 44.5 Å². The van der Waals surface area contributed by atoms with E-state index >= 15 is 0 Å². The summed E-state index contributed by atoms with van der Waals surface area (Å²) >= 11 is 6.26. The van der Waals surface area contributed by atoms with Gasteiger partial charge >= 0.3 is 0 Å². The summed E-state index contributed by atoms with van der Waals surface area (Å²) in [7, 11) is 0. The number of nitrogens with two attached hydrogens (primary N) is 1. The Morgan fingerprint density at radius 1 is 1.03 bits per heavy atom. The number of aromatic nitrogens is 3. The van der Waals surface area contributed by atoms with Crippen molar-refractivity contribution in [1.82, 2.24) is 19.5 Å². The summed E-state index contributed by atoms with van der Waals surface area (Å²) in [5, 5.41) is 5.32. The van der Waals surface area contributed by atoms with Crippen molar-refractivity contribution < 1.29 is 4.74 Å². The summed E-state index contributed by atoms with van der Waals surface area (Å²) in [5.74, 6) is 1.37. The molecule has 0 saturated carbocycles. The summed E-state index contributed by atoms with van der Waals surface area (Å²) in [5.41, 5.74) is 13.1. The molecular weight excluding hydrogens is 496 g/mol. The smallest absolute Gasteiger partial charge is 0.165 e. The second kappa shape index (κ2) is 10.5. The molecule has 0 spiro atoms. The zero-order chi connectivity index (χ0) is 26.2. The van der Waals surface area contributed by atoms with Gasteiger partial charge in [0.15, 0.2) is 5.65 Å². The van der Waals surface area contributed by atoms with Crippen LogP contribution in [0.3, 0.4) is 0 Å². The molecule has 0 bridgehead atoms. The SMILES string of the molecule is CCOc1ccc(N2CCC(N3CCCC3)CC2)cc1-c1cnn2c(N)c(-c3cccc(Cl)c3)c(C)nc12. The highest BCUT2D eigenvalue weighted by molar-refractivity contribution is 6.30. The molecule has 2 N–H and O–H groups in total. The van der Waals surface area contributed by atoms with Crippen molar-refractivity contribution in [2.75, 3.05) is 43.4 Å². The third kappa shape index (κ3) is 4.58. The van der Waals surface area contributed by atoms with Crippen LogP contribution in [-0.4, -0.2) is 58.3 Å². The van der Waals surface area contributed by atoms with E-state index in [1.54, 1.807) is 4.52 Å². The Balaban J connectivity index is 1.36. The minimum atomic E-state index is 0.541. The van der Waals surface area contributed by atoms with Gasteiger partial charge in [0.2, 0.25) is 0 Å². The van der Waals surface area contributed by atoms with Crippen molar-refractivity contribution >= 4 is 28.8 Å². The summed E-state index contributed by atoms with van der Waals surface area (Å²) < 4.78 is 7.79. The first-order valence-electron chi connectivity index (χ1n) is 13.7. The largest absolute Gasteiger partial charge is 0.493 e. The number of piperidine rings is 1. The van der Waals surface area contributed by atoms with E-state index in [0.717, 1.165) is 58.5 Å². The number of fused-ring (bicyclic) bond motifs is 1. The minimum absolute atomic E-state index is 0.541. The summed E-state index contributed by atoms with van der Waals surface area (Å²) in [4.78, 5) is 10.2. The highest BCUT2D eigenvalue weighted by atomic mass is 35.5. The third-order valence-electron chi connectivity index (χ3n) is 8.02. The number of halogens is 1. The Labute approximate surface area is 229 Å². The molecular formula is C30H35ClN6O. The van der Waals surface area contributed by atoms with Gasteiger partial charge in [-0.2, -0.15) is 9.61 Å². The highest BCUT2D eigenvalue weighted by Crippen LogP contribution is 2.39. The molecule has 4 heterocycles. The molecule has 0 amide bonds. The van der Waals surface area contributed by atoms with E-state index < -0.39 is 0 Å². The molecule has 0 unspecified atom stereocenters. The van der Waals surface area contributed by atoms with E-state index in [9.17, 15) is 0 Å². The van der Waals surface area contributed by atoms with E-state index in [-0.39, 0.29) is 0 Å². The molecule has 2 saturated heterocycles. The molecule has 2 aromatic heterocycles. The number of rotatable bonds is 6. The fourth-order valence-corrected chi connectivity index (χ4v) is 6.32. The Hall–Kier alpha value is -3.29. The maximum Gasteiger partial charge on any atom is 0.165 e. The van der Waals surface area contributed by atoms with Crippen LogP contribution in [0.25, 0.3) is 27.9 Å². The Morgan fingerprint density at radius 2 is 1.82 bits per heavy atom. The number of nitrogens with zero attached hydrogens (tertiary/aromatic N) is 5. The second-order valence-corrected chi connectivity index (χ2v) is 10.8. The summed E-state index contributed by atoms with van der Waals surface area (Å²) in [6.07, 6.45) is 6.97. The topological polar surface area (TPSA) is 71.9 Å². The van der Waals surface area contributed by atoms with Crippen molar-refractivity contribution in [2.24, 2.45) is 0 Å². The van der Waals surface area contributed by atoms with Gasteiger partial charge in [0.25, 0.3) is 0 Å². The molecule has 7 nitrogen and oxygen atoms in total. The molecule has 0 radical (unpaired) electrons. The first kappa shape index (κ1) is 25.0. The predicted octanol–water partition coefficient (Wildman–Crippen LogP) is 6.07. The van der Waals surface area contributed by atoms with Gasteiger partial charge in [0.1, 0.15) is 11.6 Å². The molecule has 0 atom stereocenters. The zero-order valence-electron chi connectivity index (χ0n) is 22.2. The van der Waals surface area contributed by atoms with Crippen molar-refractivity contribution in [2.45, 2.75) is 45.6 Å². The summed E-state index contributed by atoms with van der Waals surface area (Å²) in [6.45, 7) is 9.23. The summed E-state index contributed by atoms with van der Waals surface area (Å²) in [6, 6.07) is 14.9. The van der Waals surface area contributed by atoms with Crippen LogP contribution in [0, 0.1) is 6.92 Å². The number of aryl methyl sites for hydroxylation is 1. The lowest BCUT2D eigenvalue weighted by atomic mass is 10.0. The number of hydrogen-bond donors (Lipinski definition) is 1. The zero-order valence-corrected chi connectivity index (χ0v) is 22.9. The first-order chi connectivity index (χ1) is 18.5. The van der Waals surface area contributed by atoms with Crippen LogP contribution in [0.5, 0.6) is 5.75 Å². The monoisotopic (exact) mass is 530 g/mol. The molecule has 2 aliphatic rings. The van der Waals surface area contributed by atoms with E-state index in [4.69, 9.17) is 27.1 Å². The van der Waals surface area contributed by atoms with Crippen LogP contribution in [0.2, 0.25) is 5.02 Å². The van der Waals surface area contributed by atoms with Crippen molar-refractivity contribution in [3.8, 4) is 28.0 Å². The van der Waals surface area contributed by atoms with E-state index in [1.807, 2.05) is 44.3 Å². The lowest BCUT2D eigenvalue weighted by Crippen LogP contribution is -2.43. The van der Waals surface area contributed by atoms with Gasteiger partial charge < -0.3 is 20.3 Å². The Bertz CT molecular complexity index is 1450. The molecule has 198 valence electrons. The number of likely N-dealkylation sites (tertiary alicyclic amines) is 1.